The molecule has 0 amide bonds. The second-order valence-electron chi connectivity index (χ2n) is 6.86. The van der Waals surface area contributed by atoms with Crippen molar-refractivity contribution in [2.45, 2.75) is 45.8 Å². The molecular weight excluding hydrogens is 300 g/mol. The van der Waals surface area contributed by atoms with Gasteiger partial charge in [0.25, 0.3) is 0 Å². The number of fused-ring (bicyclic) bond motifs is 1. The molecule has 0 bridgehead atoms. The Morgan fingerprint density at radius 2 is 2.00 bits per heavy atom. The van der Waals surface area contributed by atoms with Gasteiger partial charge in [0, 0.05) is 31.9 Å². The topological polar surface area (TPSA) is 61.3 Å². The summed E-state index contributed by atoms with van der Waals surface area (Å²) in [5.41, 5.74) is 3.85. The number of hydrogen-bond acceptors (Lipinski definition) is 5. The maximum atomic E-state index is 10.2. The number of nitrogens with one attached hydrogen (secondary N) is 1. The van der Waals surface area contributed by atoms with Crippen molar-refractivity contribution in [1.82, 2.24) is 9.97 Å². The number of anilines is 2. The first-order chi connectivity index (χ1) is 11.4. The molecule has 1 aliphatic rings. The van der Waals surface area contributed by atoms with E-state index in [2.05, 4.69) is 45.3 Å². The zero-order valence-corrected chi connectivity index (χ0v) is 14.9. The third kappa shape index (κ3) is 3.36. The normalized spacial score (nSPS) is 14.5. The van der Waals surface area contributed by atoms with Gasteiger partial charge in [0.15, 0.2) is 0 Å². The molecule has 2 heterocycles. The highest BCUT2D eigenvalue weighted by Gasteiger charge is 2.22. The molecule has 2 aromatic rings. The molecule has 1 aliphatic heterocycles. The van der Waals surface area contributed by atoms with Crippen molar-refractivity contribution in [2.24, 2.45) is 0 Å². The van der Waals surface area contributed by atoms with Crippen molar-refractivity contribution >= 4 is 11.8 Å². The Labute approximate surface area is 143 Å². The van der Waals surface area contributed by atoms with Crippen LogP contribution in [0.15, 0.2) is 24.3 Å². The second-order valence-corrected chi connectivity index (χ2v) is 6.86. The first-order valence-corrected chi connectivity index (χ1v) is 8.56. The lowest BCUT2D eigenvalue weighted by molar-refractivity contribution is 0.0785. The number of benzene rings is 1. The summed E-state index contributed by atoms with van der Waals surface area (Å²) in [6.45, 7) is 7.53. The van der Waals surface area contributed by atoms with Crippen molar-refractivity contribution < 1.29 is 5.11 Å². The Balaban J connectivity index is 1.88. The summed E-state index contributed by atoms with van der Waals surface area (Å²) in [4.78, 5) is 11.4. The minimum atomic E-state index is -0.795. The predicted octanol–water partition coefficient (Wildman–Crippen LogP) is 2.87. The molecule has 0 unspecified atom stereocenters. The molecule has 2 N–H and O–H groups in total. The summed E-state index contributed by atoms with van der Waals surface area (Å²) in [7, 11) is 1.85. The molecule has 5 nitrogen and oxygen atoms in total. The molecule has 3 rings (SSSR count). The van der Waals surface area contributed by atoms with Crippen LogP contribution in [0, 0.1) is 0 Å². The largest absolute Gasteiger partial charge is 0.386 e. The van der Waals surface area contributed by atoms with Gasteiger partial charge in [0.1, 0.15) is 5.82 Å². The highest BCUT2D eigenvalue weighted by molar-refractivity contribution is 5.49. The third-order valence-electron chi connectivity index (χ3n) is 4.60. The molecule has 1 aromatic heterocycles. The lowest BCUT2D eigenvalue weighted by Crippen LogP contribution is -2.32. The molecule has 0 fully saturated rings. The summed E-state index contributed by atoms with van der Waals surface area (Å²) < 4.78 is 0. The first kappa shape index (κ1) is 16.7. The van der Waals surface area contributed by atoms with Gasteiger partial charge in [-0.3, -0.25) is 0 Å². The molecule has 0 spiro atoms. The van der Waals surface area contributed by atoms with Crippen LogP contribution in [0.2, 0.25) is 0 Å². The standard InChI is InChI=1S/C19H26N4O/c1-5-16-11-17(22-18(20-4)21-16)23-9-8-13-10-15(19(2,3)24)7-6-14(13)12-23/h6-7,10-11,24H,5,8-9,12H2,1-4H3,(H,20,21,22). The fourth-order valence-electron chi connectivity index (χ4n) is 3.07. The first-order valence-electron chi connectivity index (χ1n) is 8.56. The van der Waals surface area contributed by atoms with E-state index in [1.54, 1.807) is 0 Å². The van der Waals surface area contributed by atoms with Gasteiger partial charge in [0.05, 0.1) is 5.60 Å². The Kier molecular flexibility index (Phi) is 4.45. The Morgan fingerprint density at radius 3 is 2.67 bits per heavy atom. The van der Waals surface area contributed by atoms with Crippen molar-refractivity contribution in [3.63, 3.8) is 0 Å². The Hall–Kier alpha value is -2.14. The summed E-state index contributed by atoms with van der Waals surface area (Å²) in [6.07, 6.45) is 1.85. The molecule has 24 heavy (non-hydrogen) atoms. The summed E-state index contributed by atoms with van der Waals surface area (Å²) >= 11 is 0. The average Bonchev–Trinajstić information content (AvgIpc) is 2.59. The molecule has 128 valence electrons. The van der Waals surface area contributed by atoms with Gasteiger partial charge in [-0.05, 0) is 43.4 Å². The molecule has 0 aliphatic carbocycles. The van der Waals surface area contributed by atoms with Crippen LogP contribution >= 0.6 is 0 Å². The van der Waals surface area contributed by atoms with Crippen LogP contribution in [0.5, 0.6) is 0 Å². The van der Waals surface area contributed by atoms with E-state index in [1.807, 2.05) is 27.0 Å². The molecule has 1 aromatic carbocycles. The van der Waals surface area contributed by atoms with Crippen LogP contribution in [0.3, 0.4) is 0 Å². The van der Waals surface area contributed by atoms with E-state index in [-0.39, 0.29) is 0 Å². The number of aromatic nitrogens is 2. The van der Waals surface area contributed by atoms with Crippen LogP contribution in [-0.4, -0.2) is 28.7 Å². The highest BCUT2D eigenvalue weighted by Crippen LogP contribution is 2.28. The molecular formula is C19H26N4O. The maximum Gasteiger partial charge on any atom is 0.224 e. The predicted molar refractivity (Wildman–Crippen MR) is 97.4 cm³/mol. The van der Waals surface area contributed by atoms with E-state index < -0.39 is 5.60 Å². The third-order valence-corrected chi connectivity index (χ3v) is 4.60. The summed E-state index contributed by atoms with van der Waals surface area (Å²) in [6, 6.07) is 8.38. The summed E-state index contributed by atoms with van der Waals surface area (Å²) in [5.74, 6) is 1.65. The van der Waals surface area contributed by atoms with Gasteiger partial charge in [-0.1, -0.05) is 25.1 Å². The van der Waals surface area contributed by atoms with Crippen LogP contribution < -0.4 is 10.2 Å². The quantitative estimate of drug-likeness (QED) is 0.905. The number of aryl methyl sites for hydroxylation is 1. The maximum absolute atomic E-state index is 10.2. The van der Waals surface area contributed by atoms with Gasteiger partial charge in [-0.25, -0.2) is 4.98 Å². The monoisotopic (exact) mass is 326 g/mol. The number of hydrogen-bond donors (Lipinski definition) is 2. The van der Waals surface area contributed by atoms with E-state index in [0.29, 0.717) is 5.95 Å². The zero-order chi connectivity index (χ0) is 17.3. The molecule has 0 radical (unpaired) electrons. The lowest BCUT2D eigenvalue weighted by Gasteiger charge is -2.31. The SMILES string of the molecule is CCc1cc(N2CCc3cc(C(C)(C)O)ccc3C2)nc(NC)n1. The van der Waals surface area contributed by atoms with E-state index in [1.165, 1.54) is 11.1 Å². The summed E-state index contributed by atoms with van der Waals surface area (Å²) in [5, 5.41) is 13.2. The minimum absolute atomic E-state index is 0.674. The molecule has 0 saturated carbocycles. The van der Waals surface area contributed by atoms with E-state index in [0.717, 1.165) is 43.0 Å². The van der Waals surface area contributed by atoms with Crippen LogP contribution in [-0.2, 0) is 25.0 Å². The van der Waals surface area contributed by atoms with Crippen LogP contribution in [0.4, 0.5) is 11.8 Å². The van der Waals surface area contributed by atoms with E-state index >= 15 is 0 Å². The zero-order valence-electron chi connectivity index (χ0n) is 14.9. The lowest BCUT2D eigenvalue weighted by atomic mass is 9.91. The number of nitrogens with zero attached hydrogens (tertiary/aromatic N) is 3. The van der Waals surface area contributed by atoms with Crippen molar-refractivity contribution in [2.75, 3.05) is 23.8 Å². The molecule has 0 saturated heterocycles. The van der Waals surface area contributed by atoms with Crippen LogP contribution in [0.1, 0.15) is 43.2 Å². The fraction of sp³-hybridized carbons (Fsp3) is 0.474. The van der Waals surface area contributed by atoms with E-state index in [9.17, 15) is 5.11 Å². The van der Waals surface area contributed by atoms with Crippen LogP contribution in [0.25, 0.3) is 0 Å². The fourth-order valence-corrected chi connectivity index (χ4v) is 3.07. The van der Waals surface area contributed by atoms with E-state index in [4.69, 9.17) is 0 Å². The van der Waals surface area contributed by atoms with Gasteiger partial charge in [-0.2, -0.15) is 4.98 Å². The van der Waals surface area contributed by atoms with Gasteiger partial charge in [-0.15, -0.1) is 0 Å². The van der Waals surface area contributed by atoms with Gasteiger partial charge >= 0.3 is 0 Å². The van der Waals surface area contributed by atoms with Crippen molar-refractivity contribution in [1.29, 1.82) is 0 Å². The number of aliphatic hydroxyl groups is 1. The minimum Gasteiger partial charge on any atom is -0.386 e. The van der Waals surface area contributed by atoms with Gasteiger partial charge in [0.2, 0.25) is 5.95 Å². The highest BCUT2D eigenvalue weighted by atomic mass is 16.3. The smallest absolute Gasteiger partial charge is 0.224 e. The van der Waals surface area contributed by atoms with Gasteiger partial charge < -0.3 is 15.3 Å². The average molecular weight is 326 g/mol. The molecule has 0 atom stereocenters. The number of rotatable bonds is 4. The van der Waals surface area contributed by atoms with Crippen molar-refractivity contribution in [3.8, 4) is 0 Å². The van der Waals surface area contributed by atoms with Crippen molar-refractivity contribution in [3.05, 3.63) is 46.6 Å². The Morgan fingerprint density at radius 1 is 1.21 bits per heavy atom. The second kappa shape index (κ2) is 6.40. The Bertz CT molecular complexity index is 714. The molecule has 5 heteroatoms.